The number of halogens is 1. The highest BCUT2D eigenvalue weighted by Gasteiger charge is 2.46. The van der Waals surface area contributed by atoms with E-state index in [0.29, 0.717) is 9.92 Å². The van der Waals surface area contributed by atoms with Gasteiger partial charge in [-0.1, -0.05) is 47.6 Å². The molecule has 6 rings (SSSR count). The van der Waals surface area contributed by atoms with E-state index in [9.17, 15) is 13.2 Å². The van der Waals surface area contributed by atoms with Crippen LogP contribution in [0.15, 0.2) is 94.2 Å². The third-order valence-electron chi connectivity index (χ3n) is 7.89. The van der Waals surface area contributed by atoms with E-state index in [-0.39, 0.29) is 27.1 Å². The number of amides is 2. The Morgan fingerprint density at radius 1 is 1.02 bits per heavy atom. The number of piperidine rings is 1. The van der Waals surface area contributed by atoms with Crippen molar-refractivity contribution in [2.75, 3.05) is 23.3 Å². The number of hydrogen-bond acceptors (Lipinski definition) is 9. The second-order valence-corrected chi connectivity index (χ2v) is 13.5. The van der Waals surface area contributed by atoms with Crippen LogP contribution in [0.3, 0.4) is 0 Å². The average Bonchev–Trinajstić information content (AvgIpc) is 3.27. The van der Waals surface area contributed by atoms with E-state index in [1.54, 1.807) is 48.8 Å². The van der Waals surface area contributed by atoms with Gasteiger partial charge in [0.2, 0.25) is 0 Å². The predicted octanol–water partition coefficient (Wildman–Crippen LogP) is 5.03. The molecule has 10 nitrogen and oxygen atoms in total. The topological polar surface area (TPSA) is 143 Å². The fourth-order valence-electron chi connectivity index (χ4n) is 5.62. The lowest BCUT2D eigenvalue weighted by atomic mass is 9.73. The maximum Gasteiger partial charge on any atom is 0.333 e. The van der Waals surface area contributed by atoms with Crippen molar-refractivity contribution in [3.63, 3.8) is 0 Å². The first-order valence-corrected chi connectivity index (χ1v) is 16.0. The number of carbonyl (C=O) groups is 1. The zero-order valence-electron chi connectivity index (χ0n) is 22.4. The molecule has 2 amide bonds. The lowest BCUT2D eigenvalue weighted by molar-refractivity contribution is 0.187. The molecule has 1 aliphatic heterocycles. The quantitative estimate of drug-likeness (QED) is 0.270. The number of fused-ring (bicyclic) bond motifs is 1. The molecule has 0 bridgehead atoms. The van der Waals surface area contributed by atoms with E-state index in [1.165, 1.54) is 35.0 Å². The molecule has 1 fully saturated rings. The summed E-state index contributed by atoms with van der Waals surface area (Å²) in [7, 11) is -4.03. The van der Waals surface area contributed by atoms with E-state index in [0.717, 1.165) is 38.2 Å². The molecular weight excluding hydrogens is 594 g/mol. The average molecular weight is 622 g/mol. The van der Waals surface area contributed by atoms with Gasteiger partial charge in [-0.2, -0.15) is 0 Å². The van der Waals surface area contributed by atoms with Crippen molar-refractivity contribution in [1.29, 1.82) is 0 Å². The van der Waals surface area contributed by atoms with Gasteiger partial charge in [0.15, 0.2) is 0 Å². The van der Waals surface area contributed by atoms with Crippen LogP contribution in [-0.2, 0) is 16.4 Å². The minimum absolute atomic E-state index is 0.00236. The standard InChI is InChI=1S/C29H28ClN7O3S2/c30-26-22(35-28(38)36-42(39,40)20-5-2-1-3-6-20)7-4-8-23(26)41-25-18-33-24(17-34-25)37-13-10-29(11-14-37)15-19-9-12-32-16-21(19)27(29)31/h1-9,12,16-18,27H,10-11,13-15,31H2,(H2,35,36,38)/t27-/m1/s1. The number of urea groups is 1. The summed E-state index contributed by atoms with van der Waals surface area (Å²) in [5, 5.41) is 3.40. The lowest BCUT2D eigenvalue weighted by Gasteiger charge is -2.42. The highest BCUT2D eigenvalue weighted by Crippen LogP contribution is 2.50. The fourth-order valence-corrected chi connectivity index (χ4v) is 7.62. The number of carbonyl (C=O) groups excluding carboxylic acids is 1. The third-order valence-corrected chi connectivity index (χ3v) is 10.7. The van der Waals surface area contributed by atoms with Crippen molar-refractivity contribution < 1.29 is 13.2 Å². The first kappa shape index (κ1) is 28.4. The summed E-state index contributed by atoms with van der Waals surface area (Å²) in [5.74, 6) is 0.803. The summed E-state index contributed by atoms with van der Waals surface area (Å²) in [5.41, 5.74) is 9.48. The van der Waals surface area contributed by atoms with E-state index >= 15 is 0 Å². The normalized spacial score (nSPS) is 17.6. The van der Waals surface area contributed by atoms with Gasteiger partial charge < -0.3 is 16.0 Å². The number of hydrogen-bond donors (Lipinski definition) is 3. The van der Waals surface area contributed by atoms with E-state index < -0.39 is 16.1 Å². The van der Waals surface area contributed by atoms with Gasteiger partial charge in [0.25, 0.3) is 10.0 Å². The summed E-state index contributed by atoms with van der Waals surface area (Å²) in [6.07, 6.45) is 10.1. The van der Waals surface area contributed by atoms with Crippen LogP contribution in [0.1, 0.15) is 30.0 Å². The molecule has 4 N–H and O–H groups in total. The van der Waals surface area contributed by atoms with Crippen LogP contribution in [0.4, 0.5) is 16.3 Å². The van der Waals surface area contributed by atoms with E-state index in [1.807, 2.05) is 17.1 Å². The van der Waals surface area contributed by atoms with Crippen molar-refractivity contribution >= 4 is 50.9 Å². The summed E-state index contributed by atoms with van der Waals surface area (Å²) < 4.78 is 26.9. The molecule has 2 aromatic carbocycles. The molecule has 1 aliphatic carbocycles. The highest BCUT2D eigenvalue weighted by molar-refractivity contribution is 7.99. The van der Waals surface area contributed by atoms with Crippen LogP contribution in [0.25, 0.3) is 0 Å². The number of rotatable bonds is 6. The molecule has 0 saturated carbocycles. The first-order chi connectivity index (χ1) is 20.2. The number of nitrogens with two attached hydrogens (primary N) is 1. The predicted molar refractivity (Wildman–Crippen MR) is 162 cm³/mol. The lowest BCUT2D eigenvalue weighted by Crippen LogP contribution is -2.44. The van der Waals surface area contributed by atoms with Crippen LogP contribution in [0, 0.1) is 5.41 Å². The molecule has 0 radical (unpaired) electrons. The van der Waals surface area contributed by atoms with Gasteiger partial charge in [-0.25, -0.2) is 27.9 Å². The first-order valence-electron chi connectivity index (χ1n) is 13.3. The van der Waals surface area contributed by atoms with Crippen molar-refractivity contribution in [3.05, 3.63) is 95.5 Å². The Balaban J connectivity index is 1.07. The second-order valence-electron chi connectivity index (χ2n) is 10.4. The van der Waals surface area contributed by atoms with Crippen molar-refractivity contribution in [2.45, 2.75) is 40.1 Å². The number of nitrogens with one attached hydrogen (secondary N) is 2. The molecule has 1 saturated heterocycles. The SMILES string of the molecule is N[C@@H]1c2cnccc2CC12CCN(c1cnc(Sc3cccc(NC(=O)NS(=O)(=O)c4ccccc4)c3Cl)cn1)CC2. The van der Waals surface area contributed by atoms with Gasteiger partial charge >= 0.3 is 6.03 Å². The molecule has 4 aromatic rings. The number of anilines is 2. The fraction of sp³-hybridized carbons (Fsp3) is 0.241. The number of pyridine rings is 1. The Morgan fingerprint density at radius 2 is 1.81 bits per heavy atom. The molecule has 3 heterocycles. The van der Waals surface area contributed by atoms with E-state index in [4.69, 9.17) is 17.3 Å². The third kappa shape index (κ3) is 5.67. The maximum absolute atomic E-state index is 12.5. The Kier molecular flexibility index (Phi) is 7.79. The summed E-state index contributed by atoms with van der Waals surface area (Å²) >= 11 is 7.86. The van der Waals surface area contributed by atoms with Gasteiger partial charge in [-0.15, -0.1) is 0 Å². The van der Waals surface area contributed by atoms with Gasteiger partial charge in [0.05, 0.1) is 28.0 Å². The minimum atomic E-state index is -4.03. The molecule has 13 heteroatoms. The van der Waals surface area contributed by atoms with Crippen LogP contribution in [0.5, 0.6) is 0 Å². The van der Waals surface area contributed by atoms with Gasteiger partial charge in [-0.05, 0) is 66.1 Å². The van der Waals surface area contributed by atoms with Crippen LogP contribution in [0.2, 0.25) is 5.02 Å². The molecular formula is C29H28ClN7O3S2. The Labute approximate surface area is 253 Å². The molecule has 1 spiro atoms. The molecule has 1 atom stereocenters. The molecule has 42 heavy (non-hydrogen) atoms. The number of aromatic nitrogens is 3. The van der Waals surface area contributed by atoms with Gasteiger partial charge in [-0.3, -0.25) is 4.98 Å². The molecule has 2 aromatic heterocycles. The van der Waals surface area contributed by atoms with Crippen LogP contribution in [-0.4, -0.2) is 42.5 Å². The van der Waals surface area contributed by atoms with Crippen molar-refractivity contribution in [2.24, 2.45) is 11.1 Å². The van der Waals surface area contributed by atoms with Crippen molar-refractivity contribution in [1.82, 2.24) is 19.7 Å². The van der Waals surface area contributed by atoms with E-state index in [2.05, 4.69) is 31.2 Å². The molecule has 216 valence electrons. The van der Waals surface area contributed by atoms with Crippen LogP contribution >= 0.6 is 23.4 Å². The van der Waals surface area contributed by atoms with Crippen molar-refractivity contribution in [3.8, 4) is 0 Å². The molecule has 0 unspecified atom stereocenters. The highest BCUT2D eigenvalue weighted by atomic mass is 35.5. The number of sulfonamides is 1. The summed E-state index contributed by atoms with van der Waals surface area (Å²) in [4.78, 5) is 28.8. The number of nitrogens with zero attached hydrogens (tertiary/aromatic N) is 4. The zero-order valence-corrected chi connectivity index (χ0v) is 24.8. The smallest absolute Gasteiger partial charge is 0.333 e. The molecule has 2 aliphatic rings. The largest absolute Gasteiger partial charge is 0.355 e. The monoisotopic (exact) mass is 621 g/mol. The maximum atomic E-state index is 12.5. The summed E-state index contributed by atoms with van der Waals surface area (Å²) in [6, 6.07) is 13.9. The van der Waals surface area contributed by atoms with Crippen LogP contribution < -0.4 is 20.7 Å². The Hall–Kier alpha value is -3.71. The minimum Gasteiger partial charge on any atom is -0.355 e. The van der Waals surface area contributed by atoms with Gasteiger partial charge in [0, 0.05) is 36.4 Å². The number of benzene rings is 2. The second kappa shape index (κ2) is 11.5. The summed E-state index contributed by atoms with van der Waals surface area (Å²) in [6.45, 7) is 1.69. The Bertz CT molecular complexity index is 1720. The Morgan fingerprint density at radius 3 is 2.52 bits per heavy atom. The zero-order chi connectivity index (χ0) is 29.3. The van der Waals surface area contributed by atoms with Gasteiger partial charge in [0.1, 0.15) is 10.8 Å².